The summed E-state index contributed by atoms with van der Waals surface area (Å²) in [7, 11) is 2.32. The van der Waals surface area contributed by atoms with Gasteiger partial charge in [-0.15, -0.1) is 0 Å². The molecule has 3 fully saturated rings. The summed E-state index contributed by atoms with van der Waals surface area (Å²) in [4.78, 5) is 12.8. The third-order valence-electron chi connectivity index (χ3n) is 8.80. The Balaban J connectivity index is 0.00000171. The Hall–Kier alpha value is -0.860. The Morgan fingerprint density at radius 3 is 2.79 bits per heavy atom. The predicted molar refractivity (Wildman–Crippen MR) is 98.8 cm³/mol. The van der Waals surface area contributed by atoms with Crippen LogP contribution in [0, 0.1) is 5.92 Å². The first-order chi connectivity index (χ1) is 12.9. The molecule has 3 aliphatic carbocycles. The molecule has 1 unspecified atom stereocenters. The van der Waals surface area contributed by atoms with Gasteiger partial charge in [0, 0.05) is 30.7 Å². The second-order valence-electron chi connectivity index (χ2n) is 9.96. The number of phenols is 1. The highest BCUT2D eigenvalue weighted by Gasteiger charge is 2.76. The lowest BCUT2D eigenvalue weighted by molar-refractivity contribution is -0.952. The van der Waals surface area contributed by atoms with E-state index in [-0.39, 0.29) is 41.6 Å². The van der Waals surface area contributed by atoms with Crippen LogP contribution >= 0.6 is 0 Å². The Bertz CT molecular complexity index is 870. The number of piperidine rings is 1. The van der Waals surface area contributed by atoms with Crippen LogP contribution in [-0.2, 0) is 16.6 Å². The number of nitrogens with zero attached hydrogens (tertiary/aromatic N) is 1. The van der Waals surface area contributed by atoms with Crippen molar-refractivity contribution in [2.24, 2.45) is 5.92 Å². The first-order valence-electron chi connectivity index (χ1n) is 10.5. The van der Waals surface area contributed by atoms with Crippen molar-refractivity contribution < 1.29 is 48.2 Å². The van der Waals surface area contributed by atoms with Crippen molar-refractivity contribution in [3.63, 3.8) is 0 Å². The van der Waals surface area contributed by atoms with Crippen molar-refractivity contribution in [2.75, 3.05) is 20.1 Å². The number of hydrogen-bond donors (Lipinski definition) is 2. The van der Waals surface area contributed by atoms with E-state index >= 15 is 0 Å². The first kappa shape index (κ1) is 19.1. The third-order valence-corrected chi connectivity index (χ3v) is 8.80. The molecule has 5 atom stereocenters. The van der Waals surface area contributed by atoms with Crippen molar-refractivity contribution >= 4 is 5.78 Å². The van der Waals surface area contributed by atoms with Gasteiger partial charge in [-0.3, -0.25) is 4.79 Å². The van der Waals surface area contributed by atoms with Gasteiger partial charge in [0.15, 0.2) is 23.4 Å². The van der Waals surface area contributed by atoms with E-state index in [4.69, 9.17) is 4.74 Å². The maximum atomic E-state index is 12.8. The van der Waals surface area contributed by atoms with Crippen LogP contribution in [0.25, 0.3) is 0 Å². The maximum Gasteiger partial charge on any atom is 0.174 e. The number of quaternary nitrogens is 1. The summed E-state index contributed by atoms with van der Waals surface area (Å²) >= 11 is 0. The normalized spacial score (nSPS) is 42.9. The van der Waals surface area contributed by atoms with Crippen molar-refractivity contribution in [1.29, 1.82) is 0 Å². The van der Waals surface area contributed by atoms with Crippen molar-refractivity contribution in [3.05, 3.63) is 23.3 Å². The summed E-state index contributed by atoms with van der Waals surface area (Å²) in [5.74, 6) is 1.41. The van der Waals surface area contributed by atoms with E-state index in [9.17, 15) is 15.0 Å². The number of likely N-dealkylation sites (N-methyl/N-ethyl adjacent to an activating group) is 1. The summed E-state index contributed by atoms with van der Waals surface area (Å²) < 4.78 is 7.00. The molecule has 6 heteroatoms. The minimum absolute atomic E-state index is 0. The van der Waals surface area contributed by atoms with Gasteiger partial charge in [0.2, 0.25) is 0 Å². The van der Waals surface area contributed by atoms with Crippen molar-refractivity contribution in [2.45, 2.75) is 68.1 Å². The van der Waals surface area contributed by atoms with Crippen LogP contribution in [0.4, 0.5) is 0 Å². The van der Waals surface area contributed by atoms with Gasteiger partial charge < -0.3 is 43.4 Å². The highest BCUT2D eigenvalue weighted by molar-refractivity contribution is 5.90. The second kappa shape index (κ2) is 5.85. The Labute approximate surface area is 182 Å². The fourth-order valence-electron chi connectivity index (χ4n) is 7.31. The van der Waals surface area contributed by atoms with E-state index in [1.807, 2.05) is 6.07 Å². The monoisotopic (exact) mass is 497 g/mol. The smallest absolute Gasteiger partial charge is 0.174 e. The molecule has 2 aliphatic heterocycles. The zero-order valence-corrected chi connectivity index (χ0v) is 18.4. The minimum Gasteiger partial charge on any atom is -1.00 e. The molecule has 2 heterocycles. The molecular weight excluding hydrogens is 469 g/mol. The molecule has 1 aromatic rings. The molecule has 6 rings (SSSR count). The maximum absolute atomic E-state index is 12.8. The van der Waals surface area contributed by atoms with Gasteiger partial charge in [-0.25, -0.2) is 0 Å². The Kier molecular flexibility index (Phi) is 4.00. The van der Waals surface area contributed by atoms with Crippen LogP contribution < -0.4 is 28.7 Å². The van der Waals surface area contributed by atoms with Gasteiger partial charge in [-0.2, -0.15) is 0 Å². The molecule has 1 aromatic carbocycles. The zero-order chi connectivity index (χ0) is 18.6. The summed E-state index contributed by atoms with van der Waals surface area (Å²) in [5.41, 5.74) is 0.488. The molecule has 5 nitrogen and oxygen atoms in total. The molecular formula is C22H28INO4. The second-order valence-corrected chi connectivity index (χ2v) is 9.96. The van der Waals surface area contributed by atoms with Gasteiger partial charge in [-0.05, 0) is 30.9 Å². The highest BCUT2D eigenvalue weighted by atomic mass is 127. The van der Waals surface area contributed by atoms with Gasteiger partial charge in [0.25, 0.3) is 0 Å². The van der Waals surface area contributed by atoms with Crippen LogP contribution in [-0.4, -0.2) is 58.4 Å². The molecule has 2 saturated carbocycles. The Morgan fingerprint density at radius 1 is 1.29 bits per heavy atom. The fraction of sp³-hybridized carbons (Fsp3) is 0.682. The largest absolute Gasteiger partial charge is 1.00 e. The standard InChI is InChI=1S/C22H27NO4.HI/c1-23(12-13-3-2-4-13)10-9-21-18-14-5-6-15(24)19(18)27-20(21)16(25)7-8-22(21,26)17(23)11-14;/h5-6,13,17,20,26H,2-4,7-12H2,1H3;1H/t17-,20+,21+,22?,23-;/m1./s1. The number of ether oxygens (including phenoxy) is 1. The lowest BCUT2D eigenvalue weighted by atomic mass is 9.48. The van der Waals surface area contributed by atoms with E-state index in [0.29, 0.717) is 18.6 Å². The summed E-state index contributed by atoms with van der Waals surface area (Å²) in [5, 5.41) is 22.6. The van der Waals surface area contributed by atoms with E-state index in [0.717, 1.165) is 47.5 Å². The molecule has 152 valence electrons. The number of ketones is 1. The lowest BCUT2D eigenvalue weighted by Gasteiger charge is -2.64. The van der Waals surface area contributed by atoms with E-state index in [2.05, 4.69) is 7.05 Å². The number of aliphatic hydroxyl groups is 1. The van der Waals surface area contributed by atoms with Crippen LogP contribution in [0.2, 0.25) is 0 Å². The number of benzene rings is 1. The molecule has 2 N–H and O–H groups in total. The zero-order valence-electron chi connectivity index (χ0n) is 16.3. The van der Waals surface area contributed by atoms with Crippen molar-refractivity contribution in [3.8, 4) is 11.5 Å². The summed E-state index contributed by atoms with van der Waals surface area (Å²) in [6, 6.07) is 3.78. The van der Waals surface area contributed by atoms with Crippen LogP contribution in [0.1, 0.15) is 49.7 Å². The number of likely N-dealkylation sites (tertiary alicyclic amines) is 1. The van der Waals surface area contributed by atoms with E-state index < -0.39 is 17.1 Å². The number of carbonyl (C=O) groups excluding carboxylic acids is 1. The molecule has 2 bridgehead atoms. The summed E-state index contributed by atoms with van der Waals surface area (Å²) in [6.07, 6.45) is 5.75. The van der Waals surface area contributed by atoms with Crippen LogP contribution in [0.3, 0.4) is 0 Å². The fourth-order valence-corrected chi connectivity index (χ4v) is 7.31. The number of hydrogen-bond acceptors (Lipinski definition) is 4. The number of Topliss-reactive ketones (excluding diaryl/α,β-unsaturated/α-hetero) is 1. The quantitative estimate of drug-likeness (QED) is 0.410. The van der Waals surface area contributed by atoms with Crippen molar-refractivity contribution in [1.82, 2.24) is 0 Å². The average Bonchev–Trinajstić information content (AvgIpc) is 2.97. The van der Waals surface area contributed by atoms with Gasteiger partial charge in [-0.1, -0.05) is 12.5 Å². The van der Waals surface area contributed by atoms with Crippen LogP contribution in [0.15, 0.2) is 12.1 Å². The molecule has 1 spiro atoms. The highest BCUT2D eigenvalue weighted by Crippen LogP contribution is 2.65. The Morgan fingerprint density at radius 2 is 2.07 bits per heavy atom. The van der Waals surface area contributed by atoms with Gasteiger partial charge >= 0.3 is 0 Å². The molecule has 0 radical (unpaired) electrons. The lowest BCUT2D eigenvalue weighted by Crippen LogP contribution is -3.00. The van der Waals surface area contributed by atoms with Crippen LogP contribution in [0.5, 0.6) is 11.5 Å². The van der Waals surface area contributed by atoms with E-state index in [1.54, 1.807) is 6.07 Å². The molecule has 0 aromatic heterocycles. The predicted octanol–water partition coefficient (Wildman–Crippen LogP) is -0.936. The number of halogens is 1. The SMILES string of the molecule is C[N@+]1(CC2CCC2)CC[C@]23c4c5ccc(O)c4O[C@H]2C(=O)CCC3(O)[C@H]1C5.[I-]. The van der Waals surface area contributed by atoms with Gasteiger partial charge in [0.05, 0.1) is 25.6 Å². The average molecular weight is 497 g/mol. The molecule has 1 saturated heterocycles. The number of rotatable bonds is 2. The molecule has 28 heavy (non-hydrogen) atoms. The topological polar surface area (TPSA) is 66.8 Å². The van der Waals surface area contributed by atoms with Gasteiger partial charge in [0.1, 0.15) is 11.6 Å². The van der Waals surface area contributed by atoms with E-state index in [1.165, 1.54) is 19.3 Å². The number of phenolic OH excluding ortho intramolecular Hbond substituents is 1. The molecule has 5 aliphatic rings. The number of carbonyl (C=O) groups is 1. The first-order valence-corrected chi connectivity index (χ1v) is 10.5. The number of aromatic hydroxyl groups is 1. The third kappa shape index (κ3) is 2.02. The summed E-state index contributed by atoms with van der Waals surface area (Å²) in [6.45, 7) is 2.09. The minimum atomic E-state index is -0.936. The molecule has 0 amide bonds.